The molecule has 0 aromatic heterocycles. The number of halogens is 1. The van der Waals surface area contributed by atoms with Crippen molar-refractivity contribution in [1.82, 2.24) is 10.2 Å². The molecule has 122 valence electrons. The average molecular weight is 333 g/mol. The summed E-state index contributed by atoms with van der Waals surface area (Å²) in [6.45, 7) is 1.77. The highest BCUT2D eigenvalue weighted by molar-refractivity contribution is 6.31. The lowest BCUT2D eigenvalue weighted by molar-refractivity contribution is 0.0950. The number of hydrogen-bond acceptors (Lipinski definition) is 3. The molecule has 0 aliphatic rings. The largest absolute Gasteiger partial charge is 0.489 e. The van der Waals surface area contributed by atoms with E-state index in [4.69, 9.17) is 16.3 Å². The Labute approximate surface area is 142 Å². The maximum Gasteiger partial charge on any atom is 0.251 e. The van der Waals surface area contributed by atoms with Crippen LogP contribution in [0.15, 0.2) is 48.5 Å². The van der Waals surface area contributed by atoms with E-state index in [0.29, 0.717) is 29.5 Å². The topological polar surface area (TPSA) is 41.6 Å². The number of ether oxygens (including phenoxy) is 1. The van der Waals surface area contributed by atoms with Gasteiger partial charge in [0.2, 0.25) is 0 Å². The van der Waals surface area contributed by atoms with Gasteiger partial charge in [0.1, 0.15) is 12.4 Å². The van der Waals surface area contributed by atoms with Crippen LogP contribution in [0.2, 0.25) is 5.02 Å². The number of carbonyl (C=O) groups is 1. The third-order valence-electron chi connectivity index (χ3n) is 3.29. The molecule has 1 N–H and O–H groups in total. The van der Waals surface area contributed by atoms with Crippen molar-refractivity contribution in [2.45, 2.75) is 6.61 Å². The van der Waals surface area contributed by atoms with Gasteiger partial charge in [0.05, 0.1) is 0 Å². The zero-order valence-electron chi connectivity index (χ0n) is 13.4. The van der Waals surface area contributed by atoms with Crippen molar-refractivity contribution in [3.8, 4) is 5.75 Å². The predicted molar refractivity (Wildman–Crippen MR) is 93.1 cm³/mol. The molecule has 0 bridgehead atoms. The first kappa shape index (κ1) is 17.3. The normalized spacial score (nSPS) is 10.6. The molecule has 0 aliphatic heterocycles. The number of nitrogens with zero attached hydrogens (tertiary/aromatic N) is 1. The van der Waals surface area contributed by atoms with Gasteiger partial charge in [-0.15, -0.1) is 0 Å². The fourth-order valence-corrected chi connectivity index (χ4v) is 2.19. The third-order valence-corrected chi connectivity index (χ3v) is 3.66. The van der Waals surface area contributed by atoms with Gasteiger partial charge in [0.25, 0.3) is 5.91 Å². The van der Waals surface area contributed by atoms with Gasteiger partial charge in [0, 0.05) is 29.2 Å². The first-order chi connectivity index (χ1) is 11.1. The SMILES string of the molecule is CN(C)CCNC(=O)c1cccc(OCc2ccccc2Cl)c1. The van der Waals surface area contributed by atoms with Gasteiger partial charge in [-0.2, -0.15) is 0 Å². The summed E-state index contributed by atoms with van der Waals surface area (Å²) in [4.78, 5) is 14.1. The molecule has 2 rings (SSSR count). The minimum Gasteiger partial charge on any atom is -0.489 e. The van der Waals surface area contributed by atoms with Gasteiger partial charge in [0.15, 0.2) is 0 Å². The fourth-order valence-electron chi connectivity index (χ4n) is 2.00. The van der Waals surface area contributed by atoms with Crippen LogP contribution in [0, 0.1) is 0 Å². The molecule has 2 aromatic rings. The Morgan fingerprint density at radius 3 is 2.70 bits per heavy atom. The molecule has 0 aliphatic carbocycles. The summed E-state index contributed by atoms with van der Waals surface area (Å²) in [5.74, 6) is 0.542. The fraction of sp³-hybridized carbons (Fsp3) is 0.278. The molecule has 0 spiro atoms. The molecular formula is C18H21ClN2O2. The summed E-state index contributed by atoms with van der Waals surface area (Å²) in [5, 5.41) is 3.55. The van der Waals surface area contributed by atoms with Crippen LogP contribution in [0.1, 0.15) is 15.9 Å². The minimum absolute atomic E-state index is 0.102. The Morgan fingerprint density at radius 2 is 1.96 bits per heavy atom. The first-order valence-electron chi connectivity index (χ1n) is 7.45. The average Bonchev–Trinajstić information content (AvgIpc) is 2.54. The van der Waals surface area contributed by atoms with Crippen LogP contribution in [-0.4, -0.2) is 38.0 Å². The lowest BCUT2D eigenvalue weighted by atomic mass is 10.2. The van der Waals surface area contributed by atoms with Crippen LogP contribution in [0.3, 0.4) is 0 Å². The zero-order chi connectivity index (χ0) is 16.7. The lowest BCUT2D eigenvalue weighted by Gasteiger charge is -2.11. The highest BCUT2D eigenvalue weighted by Crippen LogP contribution is 2.19. The van der Waals surface area contributed by atoms with E-state index >= 15 is 0 Å². The molecule has 2 aromatic carbocycles. The Balaban J connectivity index is 1.94. The highest BCUT2D eigenvalue weighted by Gasteiger charge is 2.07. The maximum atomic E-state index is 12.1. The van der Waals surface area contributed by atoms with Crippen molar-refractivity contribution < 1.29 is 9.53 Å². The van der Waals surface area contributed by atoms with E-state index in [9.17, 15) is 4.79 Å². The molecule has 23 heavy (non-hydrogen) atoms. The molecular weight excluding hydrogens is 312 g/mol. The van der Waals surface area contributed by atoms with Crippen LogP contribution in [0.25, 0.3) is 0 Å². The van der Waals surface area contributed by atoms with Crippen molar-refractivity contribution in [3.63, 3.8) is 0 Å². The molecule has 5 heteroatoms. The number of benzene rings is 2. The monoisotopic (exact) mass is 332 g/mol. The van der Waals surface area contributed by atoms with Crippen molar-refractivity contribution in [2.24, 2.45) is 0 Å². The summed E-state index contributed by atoms with van der Waals surface area (Å²) < 4.78 is 5.73. The molecule has 0 atom stereocenters. The van der Waals surface area contributed by atoms with Gasteiger partial charge in [-0.3, -0.25) is 4.79 Å². The number of nitrogens with one attached hydrogen (secondary N) is 1. The van der Waals surface area contributed by atoms with Gasteiger partial charge < -0.3 is 15.0 Å². The summed E-state index contributed by atoms with van der Waals surface area (Å²) in [6, 6.07) is 14.7. The van der Waals surface area contributed by atoms with Crippen LogP contribution in [-0.2, 0) is 6.61 Å². The predicted octanol–water partition coefficient (Wildman–Crippen LogP) is 3.21. The summed E-state index contributed by atoms with van der Waals surface area (Å²) in [5.41, 5.74) is 1.50. The number of amides is 1. The molecule has 0 saturated carbocycles. The van der Waals surface area contributed by atoms with Gasteiger partial charge in [-0.25, -0.2) is 0 Å². The number of hydrogen-bond donors (Lipinski definition) is 1. The summed E-state index contributed by atoms with van der Waals surface area (Å²) in [6.07, 6.45) is 0. The molecule has 0 heterocycles. The first-order valence-corrected chi connectivity index (χ1v) is 7.83. The quantitative estimate of drug-likeness (QED) is 0.846. The highest BCUT2D eigenvalue weighted by atomic mass is 35.5. The van der Waals surface area contributed by atoms with E-state index in [1.54, 1.807) is 12.1 Å². The van der Waals surface area contributed by atoms with E-state index < -0.39 is 0 Å². The standard InChI is InChI=1S/C18H21ClN2O2/c1-21(2)11-10-20-18(22)14-7-5-8-16(12-14)23-13-15-6-3-4-9-17(15)19/h3-9,12H,10-11,13H2,1-2H3,(H,20,22). The van der Waals surface area contributed by atoms with Crippen LogP contribution in [0.4, 0.5) is 0 Å². The van der Waals surface area contributed by atoms with E-state index in [1.165, 1.54) is 0 Å². The molecule has 4 nitrogen and oxygen atoms in total. The lowest BCUT2D eigenvalue weighted by Crippen LogP contribution is -2.31. The molecule has 0 fully saturated rings. The molecule has 1 amide bonds. The molecule has 0 radical (unpaired) electrons. The molecule has 0 unspecified atom stereocenters. The van der Waals surface area contributed by atoms with E-state index in [0.717, 1.165) is 12.1 Å². The Hall–Kier alpha value is -2.04. The maximum absolute atomic E-state index is 12.1. The second-order valence-electron chi connectivity index (χ2n) is 5.47. The minimum atomic E-state index is -0.102. The number of carbonyl (C=O) groups excluding carboxylic acids is 1. The number of likely N-dealkylation sites (N-methyl/N-ethyl adjacent to an activating group) is 1. The Morgan fingerprint density at radius 1 is 1.17 bits per heavy atom. The van der Waals surface area contributed by atoms with E-state index in [-0.39, 0.29) is 5.91 Å². The van der Waals surface area contributed by atoms with Crippen LogP contribution >= 0.6 is 11.6 Å². The van der Waals surface area contributed by atoms with Gasteiger partial charge in [-0.05, 0) is 38.4 Å². The van der Waals surface area contributed by atoms with Gasteiger partial charge in [-0.1, -0.05) is 35.9 Å². The summed E-state index contributed by atoms with van der Waals surface area (Å²) in [7, 11) is 3.94. The third kappa shape index (κ3) is 5.58. The second-order valence-corrected chi connectivity index (χ2v) is 5.87. The van der Waals surface area contributed by atoms with Gasteiger partial charge >= 0.3 is 0 Å². The smallest absolute Gasteiger partial charge is 0.251 e. The van der Waals surface area contributed by atoms with Crippen molar-refractivity contribution in [2.75, 3.05) is 27.2 Å². The zero-order valence-corrected chi connectivity index (χ0v) is 14.1. The van der Waals surface area contributed by atoms with Crippen molar-refractivity contribution >= 4 is 17.5 Å². The van der Waals surface area contributed by atoms with Crippen LogP contribution < -0.4 is 10.1 Å². The van der Waals surface area contributed by atoms with E-state index in [2.05, 4.69) is 5.32 Å². The van der Waals surface area contributed by atoms with Crippen molar-refractivity contribution in [1.29, 1.82) is 0 Å². The second kappa shape index (κ2) is 8.56. The molecule has 0 saturated heterocycles. The number of rotatable bonds is 7. The Kier molecular flexibility index (Phi) is 6.44. The van der Waals surface area contributed by atoms with Crippen molar-refractivity contribution in [3.05, 3.63) is 64.7 Å². The Bertz CT molecular complexity index is 659. The van der Waals surface area contributed by atoms with Crippen LogP contribution in [0.5, 0.6) is 5.75 Å². The van der Waals surface area contributed by atoms with E-state index in [1.807, 2.05) is 55.4 Å². The summed E-state index contributed by atoms with van der Waals surface area (Å²) >= 11 is 6.11.